The third-order valence-corrected chi connectivity index (χ3v) is 7.86. The van der Waals surface area contributed by atoms with Gasteiger partial charge in [-0.15, -0.1) is 0 Å². The lowest BCUT2D eigenvalue weighted by Gasteiger charge is -2.46. The Balaban J connectivity index is 1.05. The summed E-state index contributed by atoms with van der Waals surface area (Å²) < 4.78 is 42.5. The van der Waals surface area contributed by atoms with Crippen LogP contribution in [0.2, 0.25) is 0 Å². The quantitative estimate of drug-likeness (QED) is 0.353. The molecule has 14 heteroatoms. The molecule has 11 nitrogen and oxygen atoms in total. The zero-order chi connectivity index (χ0) is 29.6. The van der Waals surface area contributed by atoms with Gasteiger partial charge >= 0.3 is 6.18 Å². The largest absolute Gasteiger partial charge is 0.451 e. The second-order valence-electron chi connectivity index (χ2n) is 11.9. The van der Waals surface area contributed by atoms with Crippen LogP contribution in [0.3, 0.4) is 0 Å². The molecule has 5 heterocycles. The summed E-state index contributed by atoms with van der Waals surface area (Å²) >= 11 is 0. The molecule has 1 saturated carbocycles. The zero-order valence-corrected chi connectivity index (χ0v) is 23.7. The highest BCUT2D eigenvalue weighted by molar-refractivity contribution is 5.92. The summed E-state index contributed by atoms with van der Waals surface area (Å²) in [5.74, 6) is -1.80. The molecular formula is C28H33F3N10O. The molecule has 2 N–H and O–H groups in total. The fraction of sp³-hybridized carbons (Fsp3) is 0.500. The number of aromatic amines is 1. The van der Waals surface area contributed by atoms with Crippen molar-refractivity contribution in [2.45, 2.75) is 64.0 Å². The second kappa shape index (κ2) is 10.7. The SMILES string of the molecule is CC(C)(C)NCc1cc(C(=O)N2CCN(C3CC(n4cc(-c5ncnc6[nH]ccc56)cn4)C3)CC2)nc(C(F)(F)F)n1. The summed E-state index contributed by atoms with van der Waals surface area (Å²) in [5.41, 5.74) is 2.15. The molecule has 6 rings (SSSR count). The number of carbonyl (C=O) groups is 1. The van der Waals surface area contributed by atoms with E-state index in [0.29, 0.717) is 32.2 Å². The summed E-state index contributed by atoms with van der Waals surface area (Å²) in [6.07, 6.45) is 4.35. The average Bonchev–Trinajstić information content (AvgIpc) is 3.60. The van der Waals surface area contributed by atoms with Crippen LogP contribution in [0.25, 0.3) is 22.3 Å². The number of alkyl halides is 3. The standard InChI is InChI=1S/C28H33F3N10O/c1-27(2,3)35-14-18-10-22(38-26(37-18)28(29,30)31)25(42)40-8-6-39(7-9-40)19-11-20(12-19)41-15-17(13-36-41)23-21-4-5-32-24(21)34-16-33-23/h4-5,10,13,15-16,19-20,35H,6-9,11-12,14H2,1-3H3,(H,32,33,34). The number of hydrogen-bond donors (Lipinski definition) is 2. The van der Waals surface area contributed by atoms with E-state index in [-0.39, 0.29) is 29.5 Å². The molecule has 0 radical (unpaired) electrons. The smallest absolute Gasteiger partial charge is 0.346 e. The van der Waals surface area contributed by atoms with Crippen LogP contribution < -0.4 is 5.32 Å². The Kier molecular flexibility index (Phi) is 7.21. The minimum atomic E-state index is -4.75. The van der Waals surface area contributed by atoms with E-state index in [1.165, 1.54) is 6.07 Å². The van der Waals surface area contributed by atoms with Crippen LogP contribution >= 0.6 is 0 Å². The van der Waals surface area contributed by atoms with E-state index < -0.39 is 17.9 Å². The Bertz CT molecular complexity index is 1580. The molecule has 0 spiro atoms. The highest BCUT2D eigenvalue weighted by atomic mass is 19.4. The van der Waals surface area contributed by atoms with Gasteiger partial charge in [0.05, 0.1) is 23.6 Å². The van der Waals surface area contributed by atoms with E-state index >= 15 is 0 Å². The second-order valence-corrected chi connectivity index (χ2v) is 11.9. The number of amides is 1. The van der Waals surface area contributed by atoms with Crippen molar-refractivity contribution in [1.82, 2.24) is 49.8 Å². The molecule has 42 heavy (non-hydrogen) atoms. The Morgan fingerprint density at radius 1 is 1.07 bits per heavy atom. The maximum Gasteiger partial charge on any atom is 0.451 e. The van der Waals surface area contributed by atoms with Gasteiger partial charge in [-0.3, -0.25) is 14.4 Å². The van der Waals surface area contributed by atoms with Crippen molar-refractivity contribution in [2.75, 3.05) is 26.2 Å². The zero-order valence-electron chi connectivity index (χ0n) is 23.7. The first-order valence-corrected chi connectivity index (χ1v) is 14.0. The number of nitrogens with zero attached hydrogens (tertiary/aromatic N) is 8. The van der Waals surface area contributed by atoms with Crippen molar-refractivity contribution in [1.29, 1.82) is 0 Å². The van der Waals surface area contributed by atoms with E-state index in [1.54, 1.807) is 11.2 Å². The van der Waals surface area contributed by atoms with Gasteiger partial charge in [-0.2, -0.15) is 18.3 Å². The summed E-state index contributed by atoms with van der Waals surface area (Å²) in [7, 11) is 0. The molecule has 2 aliphatic rings. The monoisotopic (exact) mass is 582 g/mol. The molecule has 4 aromatic rings. The van der Waals surface area contributed by atoms with Crippen molar-refractivity contribution in [3.8, 4) is 11.3 Å². The van der Waals surface area contributed by atoms with Gasteiger partial charge in [0.15, 0.2) is 0 Å². The third kappa shape index (κ3) is 5.86. The number of aromatic nitrogens is 7. The normalized spacial score (nSPS) is 20.2. The summed E-state index contributed by atoms with van der Waals surface area (Å²) in [6.45, 7) is 7.95. The van der Waals surface area contributed by atoms with Crippen molar-refractivity contribution >= 4 is 16.9 Å². The topological polar surface area (TPSA) is 121 Å². The molecular weight excluding hydrogens is 549 g/mol. The van der Waals surface area contributed by atoms with Gasteiger partial charge in [0.1, 0.15) is 17.7 Å². The highest BCUT2D eigenvalue weighted by Gasteiger charge is 2.39. The van der Waals surface area contributed by atoms with Gasteiger partial charge < -0.3 is 15.2 Å². The van der Waals surface area contributed by atoms with Crippen LogP contribution in [0.5, 0.6) is 0 Å². The van der Waals surface area contributed by atoms with Crippen molar-refractivity contribution in [2.24, 2.45) is 0 Å². The summed E-state index contributed by atoms with van der Waals surface area (Å²) in [5, 5.41) is 8.66. The van der Waals surface area contributed by atoms with Gasteiger partial charge in [-0.05, 0) is 45.7 Å². The number of hydrogen-bond acceptors (Lipinski definition) is 8. The van der Waals surface area contributed by atoms with Crippen LogP contribution in [-0.4, -0.2) is 88.2 Å². The van der Waals surface area contributed by atoms with Gasteiger partial charge in [0.25, 0.3) is 5.91 Å². The van der Waals surface area contributed by atoms with Gasteiger partial charge in [-0.25, -0.2) is 19.9 Å². The van der Waals surface area contributed by atoms with Gasteiger partial charge in [0.2, 0.25) is 5.82 Å². The summed E-state index contributed by atoms with van der Waals surface area (Å²) in [6, 6.07) is 3.95. The molecule has 1 saturated heterocycles. The minimum absolute atomic E-state index is 0.0965. The minimum Gasteiger partial charge on any atom is -0.346 e. The van der Waals surface area contributed by atoms with Crippen LogP contribution in [0.1, 0.15) is 61.7 Å². The van der Waals surface area contributed by atoms with Crippen molar-refractivity contribution in [3.63, 3.8) is 0 Å². The average molecular weight is 583 g/mol. The van der Waals surface area contributed by atoms with E-state index in [1.807, 2.05) is 50.1 Å². The lowest BCUT2D eigenvalue weighted by molar-refractivity contribution is -0.145. The fourth-order valence-electron chi connectivity index (χ4n) is 5.47. The molecule has 1 aliphatic carbocycles. The first-order valence-electron chi connectivity index (χ1n) is 14.0. The van der Waals surface area contributed by atoms with Gasteiger partial charge in [-0.1, -0.05) is 0 Å². The van der Waals surface area contributed by atoms with E-state index in [2.05, 4.69) is 40.2 Å². The maximum absolute atomic E-state index is 13.5. The number of nitrogens with one attached hydrogen (secondary N) is 2. The first-order chi connectivity index (χ1) is 19.9. The fourth-order valence-corrected chi connectivity index (χ4v) is 5.47. The number of fused-ring (bicyclic) bond motifs is 1. The third-order valence-electron chi connectivity index (χ3n) is 7.86. The number of rotatable bonds is 6. The van der Waals surface area contributed by atoms with Crippen LogP contribution in [0.15, 0.2) is 37.1 Å². The highest BCUT2D eigenvalue weighted by Crippen LogP contribution is 2.37. The maximum atomic E-state index is 13.5. The van der Waals surface area contributed by atoms with E-state index in [4.69, 9.17) is 0 Å². The Morgan fingerprint density at radius 3 is 2.55 bits per heavy atom. The van der Waals surface area contributed by atoms with Gasteiger partial charge in [0, 0.05) is 67.6 Å². The predicted octanol–water partition coefficient (Wildman–Crippen LogP) is 3.68. The molecule has 1 amide bonds. The lowest BCUT2D eigenvalue weighted by Crippen LogP contribution is -2.55. The van der Waals surface area contributed by atoms with Crippen LogP contribution in [0, 0.1) is 0 Å². The number of H-pyrrole nitrogens is 1. The van der Waals surface area contributed by atoms with Crippen LogP contribution in [-0.2, 0) is 12.7 Å². The molecule has 0 bridgehead atoms. The number of carbonyl (C=O) groups excluding carboxylic acids is 1. The van der Waals surface area contributed by atoms with E-state index in [9.17, 15) is 18.0 Å². The lowest BCUT2D eigenvalue weighted by atomic mass is 9.85. The molecule has 4 aromatic heterocycles. The Hall–Kier alpha value is -3.91. The summed E-state index contributed by atoms with van der Waals surface area (Å²) in [4.78, 5) is 36.2. The molecule has 0 aromatic carbocycles. The van der Waals surface area contributed by atoms with Crippen molar-refractivity contribution in [3.05, 3.63) is 54.3 Å². The van der Waals surface area contributed by atoms with Crippen molar-refractivity contribution < 1.29 is 18.0 Å². The van der Waals surface area contributed by atoms with E-state index in [0.717, 1.165) is 35.1 Å². The number of piperazine rings is 1. The predicted molar refractivity (Wildman–Crippen MR) is 148 cm³/mol. The molecule has 0 atom stereocenters. The number of halogens is 3. The molecule has 1 aliphatic heterocycles. The molecule has 222 valence electrons. The molecule has 0 unspecified atom stereocenters. The Labute approximate surface area is 240 Å². The van der Waals surface area contributed by atoms with Crippen LogP contribution in [0.4, 0.5) is 13.2 Å². The molecule has 2 fully saturated rings. The Morgan fingerprint density at radius 2 is 1.83 bits per heavy atom. The first kappa shape index (κ1) is 28.2.